The van der Waals surface area contributed by atoms with E-state index in [2.05, 4.69) is 20.6 Å². The van der Waals surface area contributed by atoms with Crippen LogP contribution >= 0.6 is 22.7 Å². The fraction of sp³-hybridized carbons (Fsp3) is 0.278. The number of Topliss-reactive ketones (excluding diaryl/α,β-unsaturated/α-hetero) is 4. The van der Waals surface area contributed by atoms with E-state index in [4.69, 9.17) is 0 Å². The summed E-state index contributed by atoms with van der Waals surface area (Å²) in [6.07, 6.45) is 7.13. The first-order chi connectivity index (χ1) is 21.8. The highest BCUT2D eigenvalue weighted by molar-refractivity contribution is 7.17. The highest BCUT2D eigenvalue weighted by Gasteiger charge is 2.36. The third kappa shape index (κ3) is 5.90. The van der Waals surface area contributed by atoms with Crippen molar-refractivity contribution in [3.63, 3.8) is 0 Å². The van der Waals surface area contributed by atoms with E-state index >= 15 is 0 Å². The molecule has 0 atom stereocenters. The smallest absolute Gasteiger partial charge is 0.158 e. The van der Waals surface area contributed by atoms with Crippen LogP contribution in [0.2, 0.25) is 0 Å². The number of pyridine rings is 2. The lowest BCUT2D eigenvalue weighted by molar-refractivity contribution is -0.116. The molecule has 0 amide bonds. The maximum absolute atomic E-state index is 12.3. The summed E-state index contributed by atoms with van der Waals surface area (Å²) in [6, 6.07) is 3.90. The third-order valence-electron chi connectivity index (χ3n) is 8.47. The highest BCUT2D eigenvalue weighted by Crippen LogP contribution is 2.44. The zero-order valence-corrected chi connectivity index (χ0v) is 28.8. The van der Waals surface area contributed by atoms with Gasteiger partial charge in [0.15, 0.2) is 23.1 Å². The Morgan fingerprint density at radius 1 is 0.565 bits per heavy atom. The lowest BCUT2D eigenvalue weighted by Crippen LogP contribution is -2.29. The van der Waals surface area contributed by atoms with E-state index in [0.29, 0.717) is 22.3 Å². The lowest BCUT2D eigenvalue weighted by atomic mass is 9.78. The zero-order valence-electron chi connectivity index (χ0n) is 27.1. The van der Waals surface area contributed by atoms with E-state index in [1.165, 1.54) is 0 Å². The van der Waals surface area contributed by atoms with Gasteiger partial charge in [-0.15, -0.1) is 22.7 Å². The molecule has 6 heterocycles. The summed E-state index contributed by atoms with van der Waals surface area (Å²) in [5, 5.41) is 12.5. The summed E-state index contributed by atoms with van der Waals surface area (Å²) in [4.78, 5) is 57.5. The van der Waals surface area contributed by atoms with Crippen molar-refractivity contribution in [2.75, 3.05) is 0 Å². The van der Waals surface area contributed by atoms with Crippen LogP contribution in [0.15, 0.2) is 92.8 Å². The molecule has 2 aliphatic heterocycles. The number of aromatic nitrogens is 2. The molecule has 0 fully saturated rings. The van der Waals surface area contributed by atoms with Crippen molar-refractivity contribution in [2.24, 2.45) is 0 Å². The van der Waals surface area contributed by atoms with Crippen molar-refractivity contribution in [3.05, 3.63) is 104 Å². The second-order valence-corrected chi connectivity index (χ2v) is 13.4. The summed E-state index contributed by atoms with van der Waals surface area (Å²) in [7, 11) is 0. The van der Waals surface area contributed by atoms with Crippen LogP contribution in [0.1, 0.15) is 78.4 Å². The number of dihydropyridines is 2. The number of carbonyl (C=O) groups excluding carboxylic acids is 4. The average Bonchev–Trinajstić information content (AvgIpc) is 3.60. The van der Waals surface area contributed by atoms with E-state index in [1.54, 1.807) is 62.8 Å². The minimum atomic E-state index is -0.329. The molecule has 10 heteroatoms. The second kappa shape index (κ2) is 13.1. The van der Waals surface area contributed by atoms with E-state index in [0.717, 1.165) is 54.1 Å². The Balaban J connectivity index is 0.000000181. The summed E-state index contributed by atoms with van der Waals surface area (Å²) >= 11 is 3.20. The van der Waals surface area contributed by atoms with Crippen LogP contribution < -0.4 is 10.6 Å². The van der Waals surface area contributed by atoms with Crippen molar-refractivity contribution in [1.29, 1.82) is 0 Å². The molecule has 46 heavy (non-hydrogen) atoms. The quantitative estimate of drug-likeness (QED) is 0.221. The van der Waals surface area contributed by atoms with E-state index < -0.39 is 0 Å². The first kappa shape index (κ1) is 32.8. The maximum atomic E-state index is 12.3. The molecule has 0 saturated heterocycles. The minimum Gasteiger partial charge on any atom is -0.362 e. The van der Waals surface area contributed by atoms with E-state index in [1.807, 2.05) is 63.0 Å². The van der Waals surface area contributed by atoms with Gasteiger partial charge in [0.1, 0.15) is 0 Å². The first-order valence-corrected chi connectivity index (χ1v) is 16.6. The largest absolute Gasteiger partial charge is 0.362 e. The van der Waals surface area contributed by atoms with Crippen LogP contribution in [0.3, 0.4) is 0 Å². The normalized spacial score (nSPS) is 16.0. The lowest BCUT2D eigenvalue weighted by Gasteiger charge is -2.30. The van der Waals surface area contributed by atoms with Gasteiger partial charge in [-0.2, -0.15) is 0 Å². The molecule has 0 spiro atoms. The van der Waals surface area contributed by atoms with Gasteiger partial charge in [-0.25, -0.2) is 0 Å². The Morgan fingerprint density at radius 3 is 1.41 bits per heavy atom. The van der Waals surface area contributed by atoms with E-state index in [9.17, 15) is 19.2 Å². The number of hydrogen-bond donors (Lipinski definition) is 2. The first-order valence-electron chi connectivity index (χ1n) is 14.9. The van der Waals surface area contributed by atoms with Gasteiger partial charge in [-0.3, -0.25) is 29.1 Å². The van der Waals surface area contributed by atoms with Crippen LogP contribution in [0.25, 0.3) is 20.2 Å². The number of fused-ring (bicyclic) bond motifs is 2. The Kier molecular flexibility index (Phi) is 9.32. The van der Waals surface area contributed by atoms with Gasteiger partial charge in [0.25, 0.3) is 0 Å². The van der Waals surface area contributed by atoms with Crippen LogP contribution in [0.5, 0.6) is 0 Å². The number of allylic oxidation sites excluding steroid dienone is 8. The van der Waals surface area contributed by atoms with Crippen molar-refractivity contribution in [3.8, 4) is 0 Å². The number of thiophene rings is 2. The van der Waals surface area contributed by atoms with Crippen molar-refractivity contribution in [2.45, 2.75) is 67.2 Å². The number of rotatable bonds is 6. The van der Waals surface area contributed by atoms with Crippen LogP contribution in [-0.2, 0) is 19.2 Å². The molecular formula is C36H36N4O4S2. The van der Waals surface area contributed by atoms with Gasteiger partial charge in [-0.05, 0) is 94.8 Å². The number of nitrogens with one attached hydrogen (secondary N) is 2. The molecular weight excluding hydrogens is 617 g/mol. The fourth-order valence-electron chi connectivity index (χ4n) is 6.72. The van der Waals surface area contributed by atoms with Crippen molar-refractivity contribution >= 4 is 66.0 Å². The number of ketones is 4. The predicted octanol–water partition coefficient (Wildman–Crippen LogP) is 7.42. The van der Waals surface area contributed by atoms with Gasteiger partial charge < -0.3 is 10.6 Å². The van der Waals surface area contributed by atoms with Gasteiger partial charge in [0.2, 0.25) is 0 Å². The van der Waals surface area contributed by atoms with Crippen LogP contribution in [0, 0.1) is 0 Å². The Morgan fingerprint density at radius 2 is 0.957 bits per heavy atom. The minimum absolute atomic E-state index is 0.0142. The topological polar surface area (TPSA) is 118 Å². The molecule has 6 rings (SSSR count). The number of nitrogens with zero attached hydrogens (tertiary/aromatic N) is 2. The van der Waals surface area contributed by atoms with Crippen LogP contribution in [-0.4, -0.2) is 33.1 Å². The SMILES string of the molecule is CC(=O)C1=C(C)NC(C)=C(C(C)=O)C1c1csc2ccncc12.CC(=O)C1=C(C)NC(C)=C(C(C)=O)C1c1csc2cnccc12. The molecule has 236 valence electrons. The van der Waals surface area contributed by atoms with Gasteiger partial charge in [0, 0.05) is 91.8 Å². The van der Waals surface area contributed by atoms with Crippen molar-refractivity contribution in [1.82, 2.24) is 20.6 Å². The molecule has 0 aliphatic carbocycles. The average molecular weight is 653 g/mol. The third-order valence-corrected chi connectivity index (χ3v) is 10.4. The molecule has 8 nitrogen and oxygen atoms in total. The monoisotopic (exact) mass is 652 g/mol. The van der Waals surface area contributed by atoms with E-state index in [-0.39, 0.29) is 35.0 Å². The fourth-order valence-corrected chi connectivity index (χ4v) is 8.62. The highest BCUT2D eigenvalue weighted by atomic mass is 32.1. The molecule has 4 aromatic rings. The standard InChI is InChI=1S/2C18H18N2O2S/c1-9-16(11(3)21)18(17(12(4)22)10(2)20-9)14-8-23-15-5-6-19-7-13(14)15;1-9-16(11(3)21)18(17(12(4)22)10(2)20-9)14-8-23-15-7-19-6-5-13(14)15/h2*5-8,18,20H,1-4H3. The number of hydrogen-bond acceptors (Lipinski definition) is 10. The molecule has 4 aromatic heterocycles. The molecule has 2 aliphatic rings. The van der Waals surface area contributed by atoms with Gasteiger partial charge in [0.05, 0.1) is 4.70 Å². The van der Waals surface area contributed by atoms with Crippen LogP contribution in [0.4, 0.5) is 0 Å². The molecule has 0 aromatic carbocycles. The zero-order chi connectivity index (χ0) is 33.4. The Labute approximate surface area is 276 Å². The molecule has 2 N–H and O–H groups in total. The Bertz CT molecular complexity index is 1850. The Hall–Kier alpha value is -4.54. The van der Waals surface area contributed by atoms with Gasteiger partial charge in [-0.1, -0.05) is 0 Å². The summed E-state index contributed by atoms with van der Waals surface area (Å²) in [5.41, 5.74) is 7.89. The summed E-state index contributed by atoms with van der Waals surface area (Å²) in [5.74, 6) is -0.713. The van der Waals surface area contributed by atoms with Crippen molar-refractivity contribution < 1.29 is 19.2 Å². The number of carbonyl (C=O) groups is 4. The second-order valence-electron chi connectivity index (χ2n) is 11.6. The maximum Gasteiger partial charge on any atom is 0.158 e. The summed E-state index contributed by atoms with van der Waals surface area (Å²) in [6.45, 7) is 13.8. The molecule has 0 radical (unpaired) electrons. The predicted molar refractivity (Wildman–Crippen MR) is 185 cm³/mol. The summed E-state index contributed by atoms with van der Waals surface area (Å²) < 4.78 is 2.16. The molecule has 0 unspecified atom stereocenters. The van der Waals surface area contributed by atoms with Gasteiger partial charge >= 0.3 is 0 Å². The molecule has 0 saturated carbocycles. The molecule has 0 bridgehead atoms.